The number of hydrogen-bond donors (Lipinski definition) is 3. The highest BCUT2D eigenvalue weighted by Gasteiger charge is 2.46. The number of carbonyl (C=O) groups is 3. The van der Waals surface area contributed by atoms with Crippen LogP contribution in [0.2, 0.25) is 0 Å². The number of carbonyl (C=O) groups excluding carboxylic acids is 1. The monoisotopic (exact) mass is 507 g/mol. The predicted molar refractivity (Wildman–Crippen MR) is 135 cm³/mol. The normalized spacial score (nSPS) is 20.3. The van der Waals surface area contributed by atoms with Gasteiger partial charge in [-0.05, 0) is 25.7 Å². The first kappa shape index (κ1) is 29.3. The lowest BCUT2D eigenvalue weighted by molar-refractivity contribution is -0.152. The van der Waals surface area contributed by atoms with Crippen molar-refractivity contribution in [2.45, 2.75) is 65.8 Å². The fourth-order valence-electron chi connectivity index (χ4n) is 4.30. The summed E-state index contributed by atoms with van der Waals surface area (Å²) in [7, 11) is 1.62. The van der Waals surface area contributed by atoms with E-state index in [-0.39, 0.29) is 42.3 Å². The van der Waals surface area contributed by atoms with E-state index in [1.807, 2.05) is 34.6 Å². The van der Waals surface area contributed by atoms with Crippen LogP contribution >= 0.6 is 0 Å². The van der Waals surface area contributed by atoms with Crippen molar-refractivity contribution in [3.63, 3.8) is 0 Å². The molecule has 1 fully saturated rings. The van der Waals surface area contributed by atoms with Gasteiger partial charge in [-0.15, -0.1) is 0 Å². The summed E-state index contributed by atoms with van der Waals surface area (Å²) in [6, 6.07) is -0.616. The van der Waals surface area contributed by atoms with E-state index in [1.54, 1.807) is 12.0 Å². The summed E-state index contributed by atoms with van der Waals surface area (Å²) in [5.74, 6) is -0.399. The molecule has 1 aromatic rings. The van der Waals surface area contributed by atoms with Gasteiger partial charge in [-0.25, -0.2) is 14.8 Å². The van der Waals surface area contributed by atoms with Crippen LogP contribution in [0.1, 0.15) is 70.6 Å². The van der Waals surface area contributed by atoms with Crippen molar-refractivity contribution in [1.82, 2.24) is 19.8 Å². The van der Waals surface area contributed by atoms with Gasteiger partial charge in [0.25, 0.3) is 5.91 Å². The molecule has 202 valence electrons. The fraction of sp³-hybridized carbons (Fsp3) is 0.720. The van der Waals surface area contributed by atoms with Crippen LogP contribution in [0.4, 0.5) is 10.6 Å². The molecule has 0 saturated carbocycles. The minimum atomic E-state index is -1.31. The van der Waals surface area contributed by atoms with Gasteiger partial charge in [-0.3, -0.25) is 9.59 Å². The molecule has 0 unspecified atom stereocenters. The SMILES string of the molecule is COCCCNc1nc(C(C)(C)C)ncc1C(=O)N(CC(C)C)[C@@H]1CN(C(=O)O)C[C@](C)(C(=O)O)C1. The number of likely N-dealkylation sites (tertiary alicyclic amines) is 1. The highest BCUT2D eigenvalue weighted by atomic mass is 16.5. The van der Waals surface area contributed by atoms with Gasteiger partial charge in [-0.1, -0.05) is 34.6 Å². The number of hydrogen-bond acceptors (Lipinski definition) is 7. The Bertz CT molecular complexity index is 947. The minimum Gasteiger partial charge on any atom is -0.481 e. The van der Waals surface area contributed by atoms with E-state index >= 15 is 0 Å². The van der Waals surface area contributed by atoms with Crippen molar-refractivity contribution in [1.29, 1.82) is 0 Å². The Hall–Kier alpha value is -2.95. The molecule has 1 aliphatic heterocycles. The molecule has 1 aliphatic rings. The number of amides is 2. The third-order valence-corrected chi connectivity index (χ3v) is 6.22. The van der Waals surface area contributed by atoms with Gasteiger partial charge in [0.1, 0.15) is 17.2 Å². The number of nitrogens with zero attached hydrogens (tertiary/aromatic N) is 4. The van der Waals surface area contributed by atoms with Crippen LogP contribution in [0.25, 0.3) is 0 Å². The third-order valence-electron chi connectivity index (χ3n) is 6.22. The molecule has 1 saturated heterocycles. The van der Waals surface area contributed by atoms with E-state index < -0.39 is 23.5 Å². The molecular formula is C25H41N5O6. The van der Waals surface area contributed by atoms with Crippen LogP contribution in [0.5, 0.6) is 0 Å². The molecule has 2 heterocycles. The molecule has 11 nitrogen and oxygen atoms in total. The molecule has 2 amide bonds. The lowest BCUT2D eigenvalue weighted by Gasteiger charge is -2.45. The number of piperidine rings is 1. The molecule has 1 aromatic heterocycles. The minimum absolute atomic E-state index is 0.0359. The van der Waals surface area contributed by atoms with E-state index in [9.17, 15) is 24.6 Å². The molecule has 2 atom stereocenters. The number of carboxylic acid groups (broad SMARTS) is 2. The first-order valence-corrected chi connectivity index (χ1v) is 12.3. The molecule has 11 heteroatoms. The highest BCUT2D eigenvalue weighted by molar-refractivity contribution is 5.98. The van der Waals surface area contributed by atoms with Gasteiger partial charge in [0.15, 0.2) is 0 Å². The van der Waals surface area contributed by atoms with Gasteiger partial charge in [0.2, 0.25) is 0 Å². The van der Waals surface area contributed by atoms with Crippen LogP contribution in [0.3, 0.4) is 0 Å². The lowest BCUT2D eigenvalue weighted by atomic mass is 9.79. The highest BCUT2D eigenvalue weighted by Crippen LogP contribution is 2.34. The maximum Gasteiger partial charge on any atom is 0.407 e. The van der Waals surface area contributed by atoms with Crippen LogP contribution in [-0.2, 0) is 14.9 Å². The standard InChI is InChI=1S/C25H41N5O6/c1-16(2)13-30(17-11-25(6,22(32)33)15-29(14-17)23(34)35)20(31)18-12-27-21(24(3,4)5)28-19(18)26-9-8-10-36-7/h12,16-17H,8-11,13-15H2,1-7H3,(H,32,33)(H,34,35)(H,26,27,28)/t17-,25+/m0/s1. The first-order chi connectivity index (χ1) is 16.7. The third kappa shape index (κ3) is 7.28. The topological polar surface area (TPSA) is 145 Å². The summed E-state index contributed by atoms with van der Waals surface area (Å²) in [6.45, 7) is 12.7. The summed E-state index contributed by atoms with van der Waals surface area (Å²) in [5, 5.41) is 22.8. The number of carboxylic acids is 1. The second kappa shape index (κ2) is 11.9. The van der Waals surface area contributed by atoms with E-state index in [2.05, 4.69) is 15.3 Å². The van der Waals surface area contributed by atoms with Crippen LogP contribution < -0.4 is 5.32 Å². The zero-order valence-electron chi connectivity index (χ0n) is 22.5. The van der Waals surface area contributed by atoms with E-state index in [0.717, 1.165) is 4.90 Å². The molecule has 0 aromatic carbocycles. The second-order valence-electron chi connectivity index (χ2n) is 11.2. The van der Waals surface area contributed by atoms with Crippen molar-refractivity contribution < 1.29 is 29.3 Å². The average Bonchev–Trinajstić information content (AvgIpc) is 2.78. The largest absolute Gasteiger partial charge is 0.481 e. The van der Waals surface area contributed by atoms with Crippen molar-refractivity contribution in [2.75, 3.05) is 45.2 Å². The molecule has 3 N–H and O–H groups in total. The van der Waals surface area contributed by atoms with Crippen LogP contribution in [-0.4, -0.2) is 93.9 Å². The maximum absolute atomic E-state index is 14.0. The Kier molecular flexibility index (Phi) is 9.64. The van der Waals surface area contributed by atoms with Crippen molar-refractivity contribution in [3.05, 3.63) is 17.6 Å². The molecule has 0 bridgehead atoms. The fourth-order valence-corrected chi connectivity index (χ4v) is 4.30. The van der Waals surface area contributed by atoms with Gasteiger partial charge in [0, 0.05) is 51.5 Å². The Balaban J connectivity index is 2.50. The summed E-state index contributed by atoms with van der Waals surface area (Å²) in [6.07, 6.45) is 1.16. The van der Waals surface area contributed by atoms with Crippen molar-refractivity contribution in [2.24, 2.45) is 11.3 Å². The second-order valence-corrected chi connectivity index (χ2v) is 11.2. The zero-order valence-corrected chi connectivity index (χ0v) is 22.5. The summed E-state index contributed by atoms with van der Waals surface area (Å²) in [5.41, 5.74) is -1.38. The zero-order chi connectivity index (χ0) is 27.3. The smallest absolute Gasteiger partial charge is 0.407 e. The molecule has 0 spiro atoms. The molecule has 36 heavy (non-hydrogen) atoms. The summed E-state index contributed by atoms with van der Waals surface area (Å²) >= 11 is 0. The number of aliphatic carboxylic acids is 1. The number of ether oxygens (including phenoxy) is 1. The van der Waals surface area contributed by atoms with E-state index in [0.29, 0.717) is 37.8 Å². The quantitative estimate of drug-likeness (QED) is 0.407. The Morgan fingerprint density at radius 1 is 1.31 bits per heavy atom. The number of anilines is 1. The van der Waals surface area contributed by atoms with Crippen LogP contribution in [0, 0.1) is 11.3 Å². The number of aromatic nitrogens is 2. The molecular weight excluding hydrogens is 466 g/mol. The molecule has 0 radical (unpaired) electrons. The van der Waals surface area contributed by atoms with Crippen LogP contribution in [0.15, 0.2) is 6.20 Å². The molecule has 2 rings (SSSR count). The lowest BCUT2D eigenvalue weighted by Crippen LogP contribution is -2.59. The van der Waals surface area contributed by atoms with Gasteiger partial charge < -0.3 is 30.1 Å². The predicted octanol–water partition coefficient (Wildman–Crippen LogP) is 3.16. The number of rotatable bonds is 10. The summed E-state index contributed by atoms with van der Waals surface area (Å²) in [4.78, 5) is 49.7. The average molecular weight is 508 g/mol. The van der Waals surface area contributed by atoms with E-state index in [4.69, 9.17) is 4.74 Å². The first-order valence-electron chi connectivity index (χ1n) is 12.3. The van der Waals surface area contributed by atoms with Crippen molar-refractivity contribution >= 4 is 23.8 Å². The number of methoxy groups -OCH3 is 1. The summed E-state index contributed by atoms with van der Waals surface area (Å²) < 4.78 is 5.12. The van der Waals surface area contributed by atoms with Gasteiger partial charge >= 0.3 is 12.1 Å². The Labute approximate surface area is 213 Å². The van der Waals surface area contributed by atoms with E-state index in [1.165, 1.54) is 13.1 Å². The van der Waals surface area contributed by atoms with Gasteiger partial charge in [-0.2, -0.15) is 0 Å². The van der Waals surface area contributed by atoms with Gasteiger partial charge in [0.05, 0.1) is 11.5 Å². The van der Waals surface area contributed by atoms with Crippen molar-refractivity contribution in [3.8, 4) is 0 Å². The maximum atomic E-state index is 14.0. The number of nitrogens with one attached hydrogen (secondary N) is 1. The Morgan fingerprint density at radius 2 is 1.97 bits per heavy atom. The molecule has 0 aliphatic carbocycles. The Morgan fingerprint density at radius 3 is 2.50 bits per heavy atom.